The summed E-state index contributed by atoms with van der Waals surface area (Å²) in [6.45, 7) is 3.78. The number of carbonyl (C=O) groups is 1. The number of anilines is 1. The topological polar surface area (TPSA) is 44.4 Å². The van der Waals surface area contributed by atoms with Gasteiger partial charge in [-0.05, 0) is 50.7 Å². The molecule has 0 unspecified atom stereocenters. The van der Waals surface area contributed by atoms with Crippen LogP contribution in [0.3, 0.4) is 0 Å². The second kappa shape index (κ2) is 8.02. The van der Waals surface area contributed by atoms with Crippen LogP contribution in [0.15, 0.2) is 24.3 Å². The van der Waals surface area contributed by atoms with E-state index in [0.29, 0.717) is 6.54 Å². The second-order valence-electron chi connectivity index (χ2n) is 5.47. The van der Waals surface area contributed by atoms with Crippen molar-refractivity contribution in [1.29, 1.82) is 0 Å². The Morgan fingerprint density at radius 2 is 1.75 bits per heavy atom. The quantitative estimate of drug-likeness (QED) is 0.866. The summed E-state index contributed by atoms with van der Waals surface area (Å²) in [7, 11) is 1.77. The van der Waals surface area contributed by atoms with Gasteiger partial charge in [0, 0.05) is 12.2 Å². The highest BCUT2D eigenvalue weighted by atomic mass is 16.1. The first-order chi connectivity index (χ1) is 9.78. The second-order valence-corrected chi connectivity index (χ2v) is 5.47. The van der Waals surface area contributed by atoms with Gasteiger partial charge in [0.2, 0.25) is 5.91 Å². The summed E-state index contributed by atoms with van der Waals surface area (Å²) in [5.41, 5.74) is 2.18. The van der Waals surface area contributed by atoms with Crippen LogP contribution in [0.25, 0.3) is 0 Å². The lowest BCUT2D eigenvalue weighted by Gasteiger charge is -2.19. The van der Waals surface area contributed by atoms with Gasteiger partial charge in [0.05, 0.1) is 6.54 Å². The molecule has 1 amide bonds. The molecule has 1 fully saturated rings. The Morgan fingerprint density at radius 1 is 1.10 bits per heavy atom. The maximum absolute atomic E-state index is 11.5. The lowest BCUT2D eigenvalue weighted by atomic mass is 10.2. The highest BCUT2D eigenvalue weighted by molar-refractivity contribution is 5.92. The summed E-state index contributed by atoms with van der Waals surface area (Å²) in [6.07, 6.45) is 5.37. The Hall–Kier alpha value is -1.39. The molecule has 20 heavy (non-hydrogen) atoms. The molecule has 1 aliphatic rings. The van der Waals surface area contributed by atoms with Crippen LogP contribution in [0, 0.1) is 0 Å². The molecular formula is C16H25N3O. The third kappa shape index (κ3) is 4.94. The third-order valence-electron chi connectivity index (χ3n) is 3.68. The van der Waals surface area contributed by atoms with Crippen LogP contribution in [0.5, 0.6) is 0 Å². The average molecular weight is 275 g/mol. The molecule has 4 heteroatoms. The first-order valence-corrected chi connectivity index (χ1v) is 7.53. The molecule has 0 aliphatic carbocycles. The summed E-state index contributed by atoms with van der Waals surface area (Å²) in [5, 5.41) is 5.71. The van der Waals surface area contributed by atoms with Gasteiger partial charge in [-0.3, -0.25) is 9.69 Å². The van der Waals surface area contributed by atoms with Gasteiger partial charge in [0.15, 0.2) is 0 Å². The van der Waals surface area contributed by atoms with E-state index in [0.717, 1.165) is 12.2 Å². The predicted molar refractivity (Wildman–Crippen MR) is 82.7 cm³/mol. The maximum Gasteiger partial charge on any atom is 0.238 e. The van der Waals surface area contributed by atoms with E-state index in [1.54, 1.807) is 7.05 Å². The van der Waals surface area contributed by atoms with Crippen molar-refractivity contribution in [2.75, 3.05) is 32.0 Å². The molecule has 4 nitrogen and oxygen atoms in total. The standard InChI is InChI=1S/C16H25N3O/c1-17-12-16(20)18-15-8-6-14(7-9-15)13-19-10-4-2-3-5-11-19/h6-9,17H,2-5,10-13H2,1H3,(H,18,20). The van der Waals surface area contributed by atoms with Crippen LogP contribution in [-0.4, -0.2) is 37.5 Å². The molecule has 0 spiro atoms. The third-order valence-corrected chi connectivity index (χ3v) is 3.68. The van der Waals surface area contributed by atoms with Crippen molar-refractivity contribution in [3.63, 3.8) is 0 Å². The SMILES string of the molecule is CNCC(=O)Nc1ccc(CN2CCCCCC2)cc1. The average Bonchev–Trinajstić information content (AvgIpc) is 2.70. The van der Waals surface area contributed by atoms with E-state index in [4.69, 9.17) is 0 Å². The number of nitrogens with one attached hydrogen (secondary N) is 2. The summed E-state index contributed by atoms with van der Waals surface area (Å²) in [5.74, 6) is -0.00670. The number of likely N-dealkylation sites (tertiary alicyclic amines) is 1. The molecule has 0 radical (unpaired) electrons. The van der Waals surface area contributed by atoms with Gasteiger partial charge in [-0.15, -0.1) is 0 Å². The Bertz CT molecular complexity index is 408. The molecule has 1 aromatic rings. The van der Waals surface area contributed by atoms with E-state index >= 15 is 0 Å². The Labute approximate surface area is 121 Å². The molecule has 0 saturated carbocycles. The van der Waals surface area contributed by atoms with Gasteiger partial charge < -0.3 is 10.6 Å². The lowest BCUT2D eigenvalue weighted by Crippen LogP contribution is -2.25. The Morgan fingerprint density at radius 3 is 2.35 bits per heavy atom. The predicted octanol–water partition coefficient (Wildman–Crippen LogP) is 2.22. The molecule has 1 heterocycles. The summed E-state index contributed by atoms with van der Waals surface area (Å²) >= 11 is 0. The molecule has 0 aromatic heterocycles. The van der Waals surface area contributed by atoms with Crippen molar-refractivity contribution in [3.8, 4) is 0 Å². The Kier molecular flexibility index (Phi) is 6.02. The first-order valence-electron chi connectivity index (χ1n) is 7.53. The molecule has 2 rings (SSSR count). The number of hydrogen-bond donors (Lipinski definition) is 2. The lowest BCUT2D eigenvalue weighted by molar-refractivity contribution is -0.115. The number of carbonyl (C=O) groups excluding carboxylic acids is 1. The van der Waals surface area contributed by atoms with E-state index in [2.05, 4.69) is 27.7 Å². The van der Waals surface area contributed by atoms with Crippen LogP contribution in [0.2, 0.25) is 0 Å². The van der Waals surface area contributed by atoms with E-state index < -0.39 is 0 Å². The summed E-state index contributed by atoms with van der Waals surface area (Å²) in [6, 6.07) is 8.20. The summed E-state index contributed by atoms with van der Waals surface area (Å²) < 4.78 is 0. The molecular weight excluding hydrogens is 250 g/mol. The normalized spacial score (nSPS) is 16.6. The van der Waals surface area contributed by atoms with E-state index in [1.165, 1.54) is 44.3 Å². The fourth-order valence-electron chi connectivity index (χ4n) is 2.61. The van der Waals surface area contributed by atoms with Gasteiger partial charge in [-0.1, -0.05) is 25.0 Å². The molecule has 1 aliphatic heterocycles. The smallest absolute Gasteiger partial charge is 0.238 e. The molecule has 0 atom stereocenters. The van der Waals surface area contributed by atoms with Crippen LogP contribution in [0.4, 0.5) is 5.69 Å². The van der Waals surface area contributed by atoms with Crippen molar-refractivity contribution >= 4 is 11.6 Å². The number of likely N-dealkylation sites (N-methyl/N-ethyl adjacent to an activating group) is 1. The zero-order valence-electron chi connectivity index (χ0n) is 12.3. The number of rotatable bonds is 5. The van der Waals surface area contributed by atoms with Crippen LogP contribution in [0.1, 0.15) is 31.2 Å². The van der Waals surface area contributed by atoms with Crippen LogP contribution in [-0.2, 0) is 11.3 Å². The first kappa shape index (κ1) is 15.0. The van der Waals surface area contributed by atoms with Crippen LogP contribution >= 0.6 is 0 Å². The molecule has 0 bridgehead atoms. The van der Waals surface area contributed by atoms with Gasteiger partial charge in [-0.2, -0.15) is 0 Å². The number of nitrogens with zero attached hydrogens (tertiary/aromatic N) is 1. The highest BCUT2D eigenvalue weighted by Gasteiger charge is 2.09. The van der Waals surface area contributed by atoms with E-state index in [-0.39, 0.29) is 5.91 Å². The Balaban J connectivity index is 1.85. The monoisotopic (exact) mass is 275 g/mol. The fourth-order valence-corrected chi connectivity index (χ4v) is 2.61. The number of benzene rings is 1. The van der Waals surface area contributed by atoms with Gasteiger partial charge in [-0.25, -0.2) is 0 Å². The molecule has 2 N–H and O–H groups in total. The van der Waals surface area contributed by atoms with Crippen molar-refractivity contribution in [2.45, 2.75) is 32.2 Å². The van der Waals surface area contributed by atoms with Crippen molar-refractivity contribution in [1.82, 2.24) is 10.2 Å². The minimum atomic E-state index is -0.00670. The van der Waals surface area contributed by atoms with Crippen molar-refractivity contribution < 1.29 is 4.79 Å². The number of amides is 1. The molecule has 1 saturated heterocycles. The van der Waals surface area contributed by atoms with E-state index in [1.807, 2.05) is 12.1 Å². The minimum Gasteiger partial charge on any atom is -0.325 e. The maximum atomic E-state index is 11.5. The zero-order valence-corrected chi connectivity index (χ0v) is 12.3. The van der Waals surface area contributed by atoms with Crippen LogP contribution < -0.4 is 10.6 Å². The summed E-state index contributed by atoms with van der Waals surface area (Å²) in [4.78, 5) is 14.0. The van der Waals surface area contributed by atoms with Crippen molar-refractivity contribution in [3.05, 3.63) is 29.8 Å². The van der Waals surface area contributed by atoms with Gasteiger partial charge >= 0.3 is 0 Å². The largest absolute Gasteiger partial charge is 0.325 e. The molecule has 1 aromatic carbocycles. The highest BCUT2D eigenvalue weighted by Crippen LogP contribution is 2.15. The minimum absolute atomic E-state index is 0.00670. The fraction of sp³-hybridized carbons (Fsp3) is 0.562. The number of hydrogen-bond acceptors (Lipinski definition) is 3. The van der Waals surface area contributed by atoms with Crippen molar-refractivity contribution in [2.24, 2.45) is 0 Å². The van der Waals surface area contributed by atoms with E-state index in [9.17, 15) is 4.79 Å². The van der Waals surface area contributed by atoms with Gasteiger partial charge in [0.25, 0.3) is 0 Å². The zero-order chi connectivity index (χ0) is 14.2. The molecule has 110 valence electrons. The van der Waals surface area contributed by atoms with Gasteiger partial charge in [0.1, 0.15) is 0 Å².